The number of nitrogens with two attached hydrogens (primary N) is 1. The molecule has 5 nitrogen and oxygen atoms in total. The number of carbonyl (C=O) groups is 1. The van der Waals surface area contributed by atoms with Crippen molar-refractivity contribution in [3.8, 4) is 0 Å². The highest BCUT2D eigenvalue weighted by Gasteiger charge is 2.14. The van der Waals surface area contributed by atoms with Crippen LogP contribution in [0.1, 0.15) is 5.56 Å². The summed E-state index contributed by atoms with van der Waals surface area (Å²) >= 11 is 0. The zero-order valence-electron chi connectivity index (χ0n) is 10.2. The van der Waals surface area contributed by atoms with Gasteiger partial charge in [0.25, 0.3) is 0 Å². The van der Waals surface area contributed by atoms with Crippen LogP contribution in [-0.4, -0.2) is 37.2 Å². The Morgan fingerprint density at radius 3 is 2.78 bits per heavy atom. The molecule has 0 aliphatic rings. The van der Waals surface area contributed by atoms with Crippen molar-refractivity contribution in [1.29, 1.82) is 0 Å². The van der Waals surface area contributed by atoms with Crippen LogP contribution in [0.25, 0.3) is 0 Å². The van der Waals surface area contributed by atoms with Crippen LogP contribution >= 0.6 is 24.8 Å². The van der Waals surface area contributed by atoms with Gasteiger partial charge in [0.15, 0.2) is 0 Å². The second kappa shape index (κ2) is 11.2. The molecule has 0 radical (unpaired) electrons. The predicted octanol–water partition coefficient (Wildman–Crippen LogP) is 0.558. The lowest BCUT2D eigenvalue weighted by Gasteiger charge is -2.12. The molecule has 1 aromatic heterocycles. The second-order valence-electron chi connectivity index (χ2n) is 3.36. The molecule has 0 saturated carbocycles. The average Bonchev–Trinajstić information content (AvgIpc) is 2.32. The van der Waals surface area contributed by atoms with Crippen molar-refractivity contribution < 1.29 is 9.53 Å². The SMILES string of the molecule is COC(CN)C(=O)NCCc1cccnc1.Cl.Cl. The van der Waals surface area contributed by atoms with Crippen LogP contribution in [0.15, 0.2) is 24.5 Å². The summed E-state index contributed by atoms with van der Waals surface area (Å²) in [6.07, 6.45) is 3.69. The molecule has 1 rings (SSSR count). The number of amides is 1. The number of carbonyl (C=O) groups excluding carboxylic acids is 1. The third-order valence-corrected chi connectivity index (χ3v) is 2.23. The first kappa shape index (κ1) is 19.5. The highest BCUT2D eigenvalue weighted by atomic mass is 35.5. The van der Waals surface area contributed by atoms with Crippen LogP contribution in [0.5, 0.6) is 0 Å². The fraction of sp³-hybridized carbons (Fsp3) is 0.455. The van der Waals surface area contributed by atoms with Gasteiger partial charge in [0.2, 0.25) is 5.91 Å². The summed E-state index contributed by atoms with van der Waals surface area (Å²) in [4.78, 5) is 15.5. The van der Waals surface area contributed by atoms with E-state index >= 15 is 0 Å². The Morgan fingerprint density at radius 1 is 1.56 bits per heavy atom. The van der Waals surface area contributed by atoms with Gasteiger partial charge < -0.3 is 15.8 Å². The fourth-order valence-corrected chi connectivity index (χ4v) is 1.30. The maximum atomic E-state index is 11.5. The first-order valence-corrected chi connectivity index (χ1v) is 5.17. The van der Waals surface area contributed by atoms with Crippen molar-refractivity contribution in [1.82, 2.24) is 10.3 Å². The van der Waals surface area contributed by atoms with Gasteiger partial charge in [0.1, 0.15) is 6.10 Å². The maximum Gasteiger partial charge on any atom is 0.250 e. The Hall–Kier alpha value is -0.880. The van der Waals surface area contributed by atoms with E-state index in [0.717, 1.165) is 12.0 Å². The minimum absolute atomic E-state index is 0. The first-order chi connectivity index (χ1) is 7.77. The van der Waals surface area contributed by atoms with Gasteiger partial charge >= 0.3 is 0 Å². The maximum absolute atomic E-state index is 11.5. The molecule has 0 fully saturated rings. The Kier molecular flexibility index (Phi) is 12.1. The molecule has 0 aromatic carbocycles. The van der Waals surface area contributed by atoms with Gasteiger partial charge in [0.05, 0.1) is 0 Å². The van der Waals surface area contributed by atoms with Crippen LogP contribution in [0.4, 0.5) is 0 Å². The van der Waals surface area contributed by atoms with E-state index in [-0.39, 0.29) is 37.3 Å². The zero-order valence-corrected chi connectivity index (χ0v) is 11.8. The summed E-state index contributed by atoms with van der Waals surface area (Å²) in [7, 11) is 1.47. The molecule has 1 aromatic rings. The van der Waals surface area contributed by atoms with Gasteiger partial charge in [-0.05, 0) is 18.1 Å². The number of methoxy groups -OCH3 is 1. The molecule has 104 valence electrons. The molecule has 0 aliphatic heterocycles. The number of pyridine rings is 1. The molecular weight excluding hydrogens is 277 g/mol. The highest BCUT2D eigenvalue weighted by molar-refractivity contribution is 5.85. The number of nitrogens with one attached hydrogen (secondary N) is 1. The number of ether oxygens (including phenoxy) is 1. The van der Waals surface area contributed by atoms with Crippen LogP contribution < -0.4 is 11.1 Å². The molecule has 0 saturated heterocycles. The molecule has 3 N–H and O–H groups in total. The van der Waals surface area contributed by atoms with E-state index < -0.39 is 6.10 Å². The van der Waals surface area contributed by atoms with Gasteiger partial charge in [-0.2, -0.15) is 0 Å². The molecule has 1 unspecified atom stereocenters. The Morgan fingerprint density at radius 2 is 2.28 bits per heavy atom. The minimum Gasteiger partial charge on any atom is -0.370 e. The summed E-state index contributed by atoms with van der Waals surface area (Å²) in [6, 6.07) is 3.84. The van der Waals surface area contributed by atoms with Crippen molar-refractivity contribution in [3.05, 3.63) is 30.1 Å². The van der Waals surface area contributed by atoms with Crippen LogP contribution in [0.2, 0.25) is 0 Å². The number of hydrogen-bond acceptors (Lipinski definition) is 4. The summed E-state index contributed by atoms with van der Waals surface area (Å²) in [5.74, 6) is -0.172. The van der Waals surface area contributed by atoms with E-state index in [9.17, 15) is 4.79 Å². The smallest absolute Gasteiger partial charge is 0.250 e. The Bertz CT molecular complexity index is 321. The van der Waals surface area contributed by atoms with E-state index in [1.54, 1.807) is 12.4 Å². The quantitative estimate of drug-likeness (QED) is 0.804. The Balaban J connectivity index is 0. The summed E-state index contributed by atoms with van der Waals surface area (Å²) in [5.41, 5.74) is 6.46. The van der Waals surface area contributed by atoms with E-state index in [0.29, 0.717) is 6.54 Å². The number of nitrogens with zero attached hydrogens (tertiary/aromatic N) is 1. The third kappa shape index (κ3) is 6.76. The second-order valence-corrected chi connectivity index (χ2v) is 3.36. The van der Waals surface area contributed by atoms with Crippen molar-refractivity contribution in [2.75, 3.05) is 20.2 Å². The summed E-state index contributed by atoms with van der Waals surface area (Å²) in [5, 5.41) is 2.76. The number of halogens is 2. The van der Waals surface area contributed by atoms with E-state index in [2.05, 4.69) is 10.3 Å². The van der Waals surface area contributed by atoms with Crippen LogP contribution in [0, 0.1) is 0 Å². The summed E-state index contributed by atoms with van der Waals surface area (Å²) in [6.45, 7) is 0.750. The lowest BCUT2D eigenvalue weighted by atomic mass is 10.2. The van der Waals surface area contributed by atoms with Crippen LogP contribution in [0.3, 0.4) is 0 Å². The first-order valence-electron chi connectivity index (χ1n) is 5.17. The van der Waals surface area contributed by atoms with Crippen molar-refractivity contribution in [2.24, 2.45) is 5.73 Å². The molecule has 1 atom stereocenters. The van der Waals surface area contributed by atoms with Crippen LogP contribution in [-0.2, 0) is 16.0 Å². The van der Waals surface area contributed by atoms with Gasteiger partial charge in [-0.25, -0.2) is 0 Å². The minimum atomic E-state index is -0.561. The molecule has 0 spiro atoms. The van der Waals surface area contributed by atoms with Gasteiger partial charge in [0, 0.05) is 32.6 Å². The van der Waals surface area contributed by atoms with E-state index in [4.69, 9.17) is 10.5 Å². The number of hydrogen-bond donors (Lipinski definition) is 2. The van der Waals surface area contributed by atoms with Crippen molar-refractivity contribution in [3.63, 3.8) is 0 Å². The number of rotatable bonds is 6. The standard InChI is InChI=1S/C11H17N3O2.2ClH/c1-16-10(7-12)11(15)14-6-4-9-3-2-5-13-8-9;;/h2-3,5,8,10H,4,6-7,12H2,1H3,(H,14,15);2*1H. The monoisotopic (exact) mass is 295 g/mol. The van der Waals surface area contributed by atoms with Crippen molar-refractivity contribution >= 4 is 30.7 Å². The summed E-state index contributed by atoms with van der Waals surface area (Å²) < 4.78 is 4.91. The van der Waals surface area contributed by atoms with Gasteiger partial charge in [-0.15, -0.1) is 24.8 Å². The molecule has 1 amide bonds. The van der Waals surface area contributed by atoms with Crippen molar-refractivity contribution in [2.45, 2.75) is 12.5 Å². The lowest BCUT2D eigenvalue weighted by molar-refractivity contribution is -0.130. The molecule has 18 heavy (non-hydrogen) atoms. The zero-order chi connectivity index (χ0) is 11.8. The van der Waals surface area contributed by atoms with Gasteiger partial charge in [-0.3, -0.25) is 9.78 Å². The normalized spacial score (nSPS) is 10.8. The molecular formula is C11H19Cl2N3O2. The molecule has 0 aliphatic carbocycles. The molecule has 1 heterocycles. The van der Waals surface area contributed by atoms with E-state index in [1.807, 2.05) is 12.1 Å². The highest BCUT2D eigenvalue weighted by Crippen LogP contribution is 1.95. The van der Waals surface area contributed by atoms with E-state index in [1.165, 1.54) is 7.11 Å². The average molecular weight is 296 g/mol. The fourth-order valence-electron chi connectivity index (χ4n) is 1.30. The predicted molar refractivity (Wildman–Crippen MR) is 75.3 cm³/mol. The lowest BCUT2D eigenvalue weighted by Crippen LogP contribution is -2.41. The Labute approximate surface area is 119 Å². The largest absolute Gasteiger partial charge is 0.370 e. The molecule has 0 bridgehead atoms. The molecule has 7 heteroatoms. The number of aromatic nitrogens is 1. The third-order valence-electron chi connectivity index (χ3n) is 2.23. The topological polar surface area (TPSA) is 77.2 Å². The van der Waals surface area contributed by atoms with Gasteiger partial charge in [-0.1, -0.05) is 6.07 Å².